The number of rotatable bonds is 0. The van der Waals surface area contributed by atoms with Crippen LogP contribution in [0.1, 0.15) is 33.1 Å². The minimum atomic E-state index is 0.119. The Bertz CT molecular complexity index is 192. The maximum absolute atomic E-state index is 5.85. The van der Waals surface area contributed by atoms with Crippen molar-refractivity contribution in [2.45, 2.75) is 38.7 Å². The maximum atomic E-state index is 5.85. The quantitative estimate of drug-likeness (QED) is 0.568. The van der Waals surface area contributed by atoms with Crippen LogP contribution in [-0.2, 0) is 4.74 Å². The molecule has 0 aliphatic carbocycles. The van der Waals surface area contributed by atoms with Crippen LogP contribution in [0, 0.1) is 5.41 Å². The Morgan fingerprint density at radius 3 is 2.15 bits per heavy atom. The second-order valence-electron chi connectivity index (χ2n) is 5.19. The van der Waals surface area contributed by atoms with Gasteiger partial charge in [0.05, 0.1) is 5.60 Å². The van der Waals surface area contributed by atoms with Crippen LogP contribution in [0.3, 0.4) is 0 Å². The number of piperidine rings is 1. The lowest BCUT2D eigenvalue weighted by atomic mass is 9.67. The summed E-state index contributed by atoms with van der Waals surface area (Å²) < 4.78 is 5.85. The number of hydrogen-bond donors (Lipinski definition) is 0. The minimum Gasteiger partial charge on any atom is -0.375 e. The van der Waals surface area contributed by atoms with Gasteiger partial charge < -0.3 is 9.64 Å². The lowest BCUT2D eigenvalue weighted by molar-refractivity contribution is -0.0570. The smallest absolute Gasteiger partial charge is 0.0684 e. The van der Waals surface area contributed by atoms with Crippen molar-refractivity contribution in [3.8, 4) is 0 Å². The molecule has 0 bridgehead atoms. The minimum absolute atomic E-state index is 0.119. The average Bonchev–Trinajstić information content (AvgIpc) is 2.34. The normalized spacial score (nSPS) is 32.5. The summed E-state index contributed by atoms with van der Waals surface area (Å²) in [5.41, 5.74) is 0.605. The van der Waals surface area contributed by atoms with E-state index in [1.54, 1.807) is 0 Å². The topological polar surface area (TPSA) is 12.5 Å². The van der Waals surface area contributed by atoms with Gasteiger partial charge in [0.2, 0.25) is 0 Å². The second-order valence-corrected chi connectivity index (χ2v) is 5.19. The maximum Gasteiger partial charge on any atom is 0.0684 e. The van der Waals surface area contributed by atoms with E-state index >= 15 is 0 Å². The van der Waals surface area contributed by atoms with E-state index in [9.17, 15) is 0 Å². The zero-order chi connectivity index (χ0) is 9.53. The molecular formula is C11H21NO. The Hall–Kier alpha value is -0.0800. The van der Waals surface area contributed by atoms with Crippen LogP contribution in [0.4, 0.5) is 0 Å². The fourth-order valence-corrected chi connectivity index (χ4v) is 2.85. The van der Waals surface area contributed by atoms with E-state index in [1.807, 2.05) is 0 Å². The van der Waals surface area contributed by atoms with Crippen LogP contribution in [0.25, 0.3) is 0 Å². The molecule has 0 N–H and O–H groups in total. The summed E-state index contributed by atoms with van der Waals surface area (Å²) >= 11 is 0. The molecule has 2 nitrogen and oxygen atoms in total. The molecule has 0 saturated carbocycles. The first-order valence-electron chi connectivity index (χ1n) is 5.38. The summed E-state index contributed by atoms with van der Waals surface area (Å²) in [5, 5.41) is 0. The summed E-state index contributed by atoms with van der Waals surface area (Å²) in [6.45, 7) is 7.99. The van der Waals surface area contributed by atoms with Gasteiger partial charge in [0.1, 0.15) is 0 Å². The first-order chi connectivity index (χ1) is 6.06. The van der Waals surface area contributed by atoms with Crippen molar-refractivity contribution in [2.24, 2.45) is 5.41 Å². The van der Waals surface area contributed by atoms with Gasteiger partial charge in [0.25, 0.3) is 0 Å². The van der Waals surface area contributed by atoms with E-state index < -0.39 is 0 Å². The highest BCUT2D eigenvalue weighted by molar-refractivity contribution is 5.00. The Labute approximate surface area is 81.3 Å². The molecule has 2 rings (SSSR count). The van der Waals surface area contributed by atoms with Crippen molar-refractivity contribution in [1.82, 2.24) is 4.90 Å². The monoisotopic (exact) mass is 183 g/mol. The SMILES string of the molecule is CN1CCC2(CCOC2(C)C)CC1. The largest absolute Gasteiger partial charge is 0.375 e. The number of hydrogen-bond acceptors (Lipinski definition) is 2. The van der Waals surface area contributed by atoms with Gasteiger partial charge in [-0.2, -0.15) is 0 Å². The van der Waals surface area contributed by atoms with Crippen LogP contribution in [-0.4, -0.2) is 37.2 Å². The standard InChI is InChI=1S/C11H21NO/c1-10(2)11(6-9-13-10)4-7-12(3)8-5-11/h4-9H2,1-3H3. The zero-order valence-electron chi connectivity index (χ0n) is 9.10. The van der Waals surface area contributed by atoms with Gasteiger partial charge in [0.15, 0.2) is 0 Å². The van der Waals surface area contributed by atoms with Crippen molar-refractivity contribution in [1.29, 1.82) is 0 Å². The predicted octanol–water partition coefficient (Wildman–Crippen LogP) is 1.90. The van der Waals surface area contributed by atoms with Crippen molar-refractivity contribution in [2.75, 3.05) is 26.7 Å². The Morgan fingerprint density at radius 1 is 1.08 bits per heavy atom. The summed E-state index contributed by atoms with van der Waals surface area (Å²) in [7, 11) is 2.22. The van der Waals surface area contributed by atoms with E-state index in [2.05, 4.69) is 25.8 Å². The molecule has 2 heterocycles. The molecule has 0 amide bonds. The van der Waals surface area contributed by atoms with Crippen LogP contribution in [0.15, 0.2) is 0 Å². The molecule has 13 heavy (non-hydrogen) atoms. The van der Waals surface area contributed by atoms with Crippen molar-refractivity contribution in [3.63, 3.8) is 0 Å². The van der Waals surface area contributed by atoms with Gasteiger partial charge in [-0.15, -0.1) is 0 Å². The van der Waals surface area contributed by atoms with Gasteiger partial charge in [-0.1, -0.05) is 0 Å². The third kappa shape index (κ3) is 1.40. The Kier molecular flexibility index (Phi) is 2.16. The van der Waals surface area contributed by atoms with Crippen LogP contribution in [0.2, 0.25) is 0 Å². The summed E-state index contributed by atoms with van der Waals surface area (Å²) in [6.07, 6.45) is 3.90. The van der Waals surface area contributed by atoms with E-state index in [-0.39, 0.29) is 5.60 Å². The van der Waals surface area contributed by atoms with E-state index in [0.29, 0.717) is 5.41 Å². The Balaban J connectivity index is 2.12. The van der Waals surface area contributed by atoms with E-state index in [4.69, 9.17) is 4.74 Å². The first-order valence-corrected chi connectivity index (χ1v) is 5.38. The predicted molar refractivity (Wildman–Crippen MR) is 53.8 cm³/mol. The third-order valence-electron chi connectivity index (χ3n) is 4.26. The molecule has 2 aliphatic rings. The summed E-state index contributed by atoms with van der Waals surface area (Å²) in [6, 6.07) is 0. The van der Waals surface area contributed by atoms with E-state index in [0.717, 1.165) is 6.61 Å². The molecule has 0 atom stereocenters. The van der Waals surface area contributed by atoms with Crippen molar-refractivity contribution in [3.05, 3.63) is 0 Å². The first kappa shape index (κ1) is 9.47. The highest BCUT2D eigenvalue weighted by Gasteiger charge is 2.50. The van der Waals surface area contributed by atoms with Gasteiger partial charge in [-0.25, -0.2) is 0 Å². The highest BCUT2D eigenvalue weighted by Crippen LogP contribution is 2.50. The van der Waals surface area contributed by atoms with Crippen molar-refractivity contribution < 1.29 is 4.74 Å². The van der Waals surface area contributed by atoms with Crippen LogP contribution in [0.5, 0.6) is 0 Å². The third-order valence-corrected chi connectivity index (χ3v) is 4.26. The molecule has 2 heteroatoms. The molecule has 2 fully saturated rings. The molecule has 0 aromatic heterocycles. The zero-order valence-corrected chi connectivity index (χ0v) is 9.10. The van der Waals surface area contributed by atoms with Gasteiger partial charge in [0, 0.05) is 12.0 Å². The molecular weight excluding hydrogens is 162 g/mol. The Morgan fingerprint density at radius 2 is 1.69 bits per heavy atom. The molecule has 2 aliphatic heterocycles. The van der Waals surface area contributed by atoms with Crippen molar-refractivity contribution >= 4 is 0 Å². The van der Waals surface area contributed by atoms with Gasteiger partial charge in [-0.05, 0) is 53.2 Å². The number of ether oxygens (including phenoxy) is 1. The average molecular weight is 183 g/mol. The fraction of sp³-hybridized carbons (Fsp3) is 1.00. The molecule has 0 unspecified atom stereocenters. The number of likely N-dealkylation sites (tertiary alicyclic amines) is 1. The fourth-order valence-electron chi connectivity index (χ4n) is 2.85. The molecule has 2 saturated heterocycles. The summed E-state index contributed by atoms with van der Waals surface area (Å²) in [4.78, 5) is 2.43. The van der Waals surface area contributed by atoms with Gasteiger partial charge in [-0.3, -0.25) is 0 Å². The molecule has 0 radical (unpaired) electrons. The van der Waals surface area contributed by atoms with E-state index in [1.165, 1.54) is 32.4 Å². The highest BCUT2D eigenvalue weighted by atomic mass is 16.5. The number of nitrogens with zero attached hydrogens (tertiary/aromatic N) is 1. The van der Waals surface area contributed by atoms with Crippen LogP contribution >= 0.6 is 0 Å². The molecule has 0 aromatic rings. The van der Waals surface area contributed by atoms with Gasteiger partial charge >= 0.3 is 0 Å². The lowest BCUT2D eigenvalue weighted by Gasteiger charge is -2.45. The van der Waals surface area contributed by atoms with Crippen LogP contribution < -0.4 is 0 Å². The lowest BCUT2D eigenvalue weighted by Crippen LogP contribution is -2.47. The molecule has 0 aromatic carbocycles. The molecule has 76 valence electrons. The second kappa shape index (κ2) is 2.96. The molecule has 1 spiro atoms. The summed E-state index contributed by atoms with van der Waals surface area (Å²) in [5.74, 6) is 0.